The summed E-state index contributed by atoms with van der Waals surface area (Å²) in [6.07, 6.45) is 1.43. The van der Waals surface area contributed by atoms with Crippen molar-refractivity contribution in [3.63, 3.8) is 0 Å². The van der Waals surface area contributed by atoms with Crippen molar-refractivity contribution in [2.45, 2.75) is 0 Å². The Hall–Kier alpha value is -2.37. The number of hydrogen-bond acceptors (Lipinski definition) is 5. The molecule has 0 atom stereocenters. The molecular weight excluding hydrogens is 212 g/mol. The summed E-state index contributed by atoms with van der Waals surface area (Å²) in [6.45, 7) is 0. The van der Waals surface area contributed by atoms with E-state index in [2.05, 4.69) is 14.7 Å². The largest absolute Gasteiger partial charge is 0.505 e. The molecule has 6 nitrogen and oxygen atoms in total. The van der Waals surface area contributed by atoms with Crippen molar-refractivity contribution < 1.29 is 14.6 Å². The van der Waals surface area contributed by atoms with Gasteiger partial charge in [0, 0.05) is 6.20 Å². The number of aromatic amines is 1. The average Bonchev–Trinajstić information content (AvgIpc) is 2.33. The number of aromatic nitrogens is 2. The van der Waals surface area contributed by atoms with E-state index in [1.54, 1.807) is 6.07 Å². The summed E-state index contributed by atoms with van der Waals surface area (Å²) in [5.41, 5.74) is -0.741. The lowest BCUT2D eigenvalue weighted by molar-refractivity contribution is 0.0590. The minimum atomic E-state index is -0.805. The number of fused-ring (bicyclic) bond motifs is 1. The van der Waals surface area contributed by atoms with Crippen LogP contribution in [0.3, 0.4) is 0 Å². The number of H-pyrrole nitrogens is 1. The smallest absolute Gasteiger partial charge is 0.358 e. The number of pyridine rings is 2. The van der Waals surface area contributed by atoms with E-state index in [1.165, 1.54) is 12.3 Å². The van der Waals surface area contributed by atoms with Crippen molar-refractivity contribution in [3.05, 3.63) is 34.4 Å². The normalized spacial score (nSPS) is 10.3. The Morgan fingerprint density at radius 1 is 1.56 bits per heavy atom. The summed E-state index contributed by atoms with van der Waals surface area (Å²) in [4.78, 5) is 28.8. The quantitative estimate of drug-likeness (QED) is 0.679. The van der Waals surface area contributed by atoms with Gasteiger partial charge in [0.1, 0.15) is 5.52 Å². The van der Waals surface area contributed by atoms with E-state index in [9.17, 15) is 14.7 Å². The molecule has 0 unspecified atom stereocenters. The molecule has 0 saturated heterocycles. The van der Waals surface area contributed by atoms with Gasteiger partial charge < -0.3 is 14.8 Å². The van der Waals surface area contributed by atoms with Crippen LogP contribution >= 0.6 is 0 Å². The predicted octanol–water partition coefficient (Wildman–Crippen LogP) is 0.415. The molecule has 0 aliphatic carbocycles. The van der Waals surface area contributed by atoms with E-state index in [0.29, 0.717) is 0 Å². The Labute approximate surface area is 89.5 Å². The molecule has 6 heteroatoms. The zero-order valence-electron chi connectivity index (χ0n) is 8.35. The number of rotatable bonds is 1. The van der Waals surface area contributed by atoms with Gasteiger partial charge in [-0.15, -0.1) is 0 Å². The van der Waals surface area contributed by atoms with Gasteiger partial charge in [-0.05, 0) is 12.1 Å². The third-order valence-electron chi connectivity index (χ3n) is 2.14. The van der Waals surface area contributed by atoms with Crippen LogP contribution in [0.1, 0.15) is 10.5 Å². The average molecular weight is 220 g/mol. The van der Waals surface area contributed by atoms with Crippen LogP contribution in [-0.2, 0) is 4.74 Å². The highest BCUT2D eigenvalue weighted by Gasteiger charge is 2.17. The van der Waals surface area contributed by atoms with Crippen LogP contribution in [0, 0.1) is 0 Å². The van der Waals surface area contributed by atoms with Crippen molar-refractivity contribution in [2.75, 3.05) is 7.11 Å². The van der Waals surface area contributed by atoms with Crippen LogP contribution in [-0.4, -0.2) is 28.2 Å². The number of methoxy groups -OCH3 is 1. The Morgan fingerprint density at radius 3 is 3.00 bits per heavy atom. The maximum Gasteiger partial charge on any atom is 0.358 e. The highest BCUT2D eigenvalue weighted by Crippen LogP contribution is 2.23. The fourth-order valence-corrected chi connectivity index (χ4v) is 1.39. The lowest BCUT2D eigenvalue weighted by Crippen LogP contribution is -2.15. The van der Waals surface area contributed by atoms with Crippen molar-refractivity contribution in [1.29, 1.82) is 0 Å². The van der Waals surface area contributed by atoms with Gasteiger partial charge in [0.25, 0.3) is 5.56 Å². The molecule has 0 aliphatic rings. The number of hydrogen-bond donors (Lipinski definition) is 2. The van der Waals surface area contributed by atoms with E-state index in [1.807, 2.05) is 0 Å². The molecule has 0 aromatic carbocycles. The number of aromatic hydroxyl groups is 1. The Bertz CT molecular complexity index is 618. The predicted molar refractivity (Wildman–Crippen MR) is 55.4 cm³/mol. The first kappa shape index (κ1) is 10.2. The van der Waals surface area contributed by atoms with Gasteiger partial charge in [-0.3, -0.25) is 9.78 Å². The molecule has 0 radical (unpaired) electrons. The maximum absolute atomic E-state index is 11.5. The van der Waals surface area contributed by atoms with Crippen LogP contribution in [0.2, 0.25) is 0 Å². The molecule has 2 rings (SSSR count). The van der Waals surface area contributed by atoms with Crippen molar-refractivity contribution in [2.24, 2.45) is 0 Å². The molecule has 0 amide bonds. The number of nitrogens with zero attached hydrogens (tertiary/aromatic N) is 1. The lowest BCUT2D eigenvalue weighted by Gasteiger charge is -2.04. The fourth-order valence-electron chi connectivity index (χ4n) is 1.39. The highest BCUT2D eigenvalue weighted by atomic mass is 16.5. The van der Waals surface area contributed by atoms with Crippen LogP contribution in [0.4, 0.5) is 0 Å². The van der Waals surface area contributed by atoms with Crippen LogP contribution in [0.5, 0.6) is 5.75 Å². The van der Waals surface area contributed by atoms with Crippen molar-refractivity contribution >= 4 is 16.9 Å². The molecule has 16 heavy (non-hydrogen) atoms. The van der Waals surface area contributed by atoms with Gasteiger partial charge in [0.05, 0.1) is 12.5 Å². The monoisotopic (exact) mass is 220 g/mol. The first-order valence-corrected chi connectivity index (χ1v) is 4.43. The van der Waals surface area contributed by atoms with E-state index >= 15 is 0 Å². The summed E-state index contributed by atoms with van der Waals surface area (Å²) in [6, 6.07) is 3.06. The standard InChI is InChI=1S/C10H8N2O4/c1-16-10(15)7-8(13)5-3-2-4-11-6(5)9(14)12-7/h2-4,13H,1H3,(H,12,14). The second kappa shape index (κ2) is 3.65. The fraction of sp³-hybridized carbons (Fsp3) is 0.100. The zero-order chi connectivity index (χ0) is 11.7. The molecule has 2 aromatic heterocycles. The minimum absolute atomic E-state index is 0.0765. The summed E-state index contributed by atoms with van der Waals surface area (Å²) < 4.78 is 4.43. The molecular formula is C10H8N2O4. The number of carbonyl (C=O) groups excluding carboxylic acids is 1. The molecule has 0 bridgehead atoms. The number of ether oxygens (including phenoxy) is 1. The molecule has 0 spiro atoms. The second-order valence-electron chi connectivity index (χ2n) is 3.07. The molecule has 2 aromatic rings. The minimum Gasteiger partial charge on any atom is -0.505 e. The van der Waals surface area contributed by atoms with Crippen LogP contribution in [0.15, 0.2) is 23.1 Å². The molecule has 0 saturated carbocycles. The lowest BCUT2D eigenvalue weighted by atomic mass is 10.2. The highest BCUT2D eigenvalue weighted by molar-refractivity contribution is 5.97. The SMILES string of the molecule is COC(=O)c1[nH]c(=O)c2ncccc2c1O. The summed E-state index contributed by atoms with van der Waals surface area (Å²) in [5, 5.41) is 9.98. The third kappa shape index (κ3) is 1.40. The Morgan fingerprint density at radius 2 is 2.31 bits per heavy atom. The number of carbonyl (C=O) groups is 1. The zero-order valence-corrected chi connectivity index (χ0v) is 8.35. The van der Waals surface area contributed by atoms with Gasteiger partial charge in [-0.25, -0.2) is 4.79 Å². The van der Waals surface area contributed by atoms with Gasteiger partial charge in [-0.1, -0.05) is 0 Å². The van der Waals surface area contributed by atoms with Gasteiger partial charge in [-0.2, -0.15) is 0 Å². The van der Waals surface area contributed by atoms with Gasteiger partial charge in [0.15, 0.2) is 11.4 Å². The van der Waals surface area contributed by atoms with E-state index in [-0.39, 0.29) is 22.3 Å². The van der Waals surface area contributed by atoms with Crippen molar-refractivity contribution in [1.82, 2.24) is 9.97 Å². The molecule has 82 valence electrons. The molecule has 2 N–H and O–H groups in total. The number of esters is 1. The second-order valence-corrected chi connectivity index (χ2v) is 3.07. The van der Waals surface area contributed by atoms with E-state index in [0.717, 1.165) is 7.11 Å². The first-order chi connectivity index (χ1) is 7.65. The Balaban J connectivity index is 2.86. The van der Waals surface area contributed by atoms with Crippen molar-refractivity contribution in [3.8, 4) is 5.75 Å². The Kier molecular flexibility index (Phi) is 2.32. The van der Waals surface area contributed by atoms with Crippen LogP contribution < -0.4 is 5.56 Å². The summed E-state index contributed by atoms with van der Waals surface area (Å²) >= 11 is 0. The number of nitrogens with one attached hydrogen (secondary N) is 1. The third-order valence-corrected chi connectivity index (χ3v) is 2.14. The first-order valence-electron chi connectivity index (χ1n) is 4.43. The topological polar surface area (TPSA) is 92.3 Å². The van der Waals surface area contributed by atoms with Gasteiger partial charge >= 0.3 is 5.97 Å². The molecule has 0 fully saturated rings. The van der Waals surface area contributed by atoms with E-state index < -0.39 is 11.5 Å². The summed E-state index contributed by atoms with van der Waals surface area (Å²) in [7, 11) is 1.16. The van der Waals surface area contributed by atoms with Gasteiger partial charge in [0.2, 0.25) is 0 Å². The van der Waals surface area contributed by atoms with E-state index in [4.69, 9.17) is 0 Å². The molecule has 2 heterocycles. The molecule has 0 aliphatic heterocycles. The van der Waals surface area contributed by atoms with Crippen LogP contribution in [0.25, 0.3) is 10.9 Å². The summed E-state index contributed by atoms with van der Waals surface area (Å²) in [5.74, 6) is -1.14. The maximum atomic E-state index is 11.5.